The van der Waals surface area contributed by atoms with E-state index in [1.165, 1.54) is 19.2 Å². The second-order valence-corrected chi connectivity index (χ2v) is 8.78. The predicted molar refractivity (Wildman–Crippen MR) is 112 cm³/mol. The lowest BCUT2D eigenvalue weighted by Crippen LogP contribution is -2.40. The molecule has 29 heavy (non-hydrogen) atoms. The number of hydrogen-bond donors (Lipinski definition) is 0. The van der Waals surface area contributed by atoms with Gasteiger partial charge in [0.25, 0.3) is 0 Å². The summed E-state index contributed by atoms with van der Waals surface area (Å²) in [4.78, 5) is 14.5. The molecule has 1 atom stereocenters. The summed E-state index contributed by atoms with van der Waals surface area (Å²) in [6.07, 6.45) is 0.834. The molecule has 7 heteroatoms. The average molecular weight is 420 g/mol. The predicted octanol–water partition coefficient (Wildman–Crippen LogP) is 4.25. The quantitative estimate of drug-likeness (QED) is 0.568. The van der Waals surface area contributed by atoms with E-state index in [1.54, 1.807) is 30.3 Å². The van der Waals surface area contributed by atoms with Crippen LogP contribution in [0.5, 0.6) is 11.5 Å². The highest BCUT2D eigenvalue weighted by Gasteiger charge is 2.22. The SMILES string of the molecule is CCC(C)N(Cc1cccc(OS(=O)(=O)c2ccc(OC)cc2)c1)C(=O)C(C)C. The average Bonchev–Trinajstić information content (AvgIpc) is 2.70. The molecule has 2 aromatic carbocycles. The molecule has 2 rings (SSSR count). The van der Waals surface area contributed by atoms with Gasteiger partial charge < -0.3 is 13.8 Å². The molecule has 0 radical (unpaired) electrons. The number of amides is 1. The van der Waals surface area contributed by atoms with E-state index in [4.69, 9.17) is 8.92 Å². The van der Waals surface area contributed by atoms with Gasteiger partial charge in [0.1, 0.15) is 16.4 Å². The van der Waals surface area contributed by atoms with Crippen LogP contribution in [0.4, 0.5) is 0 Å². The molecule has 1 unspecified atom stereocenters. The Balaban J connectivity index is 2.22. The van der Waals surface area contributed by atoms with Gasteiger partial charge in [0.2, 0.25) is 5.91 Å². The smallest absolute Gasteiger partial charge is 0.339 e. The first-order valence-electron chi connectivity index (χ1n) is 9.66. The molecule has 0 spiro atoms. The molecule has 1 amide bonds. The number of hydrogen-bond acceptors (Lipinski definition) is 5. The van der Waals surface area contributed by atoms with Crippen molar-refractivity contribution in [1.29, 1.82) is 0 Å². The Kier molecular flexibility index (Phi) is 7.67. The molecule has 0 aliphatic carbocycles. The van der Waals surface area contributed by atoms with Crippen LogP contribution in [0.1, 0.15) is 39.7 Å². The second-order valence-electron chi connectivity index (χ2n) is 7.24. The van der Waals surface area contributed by atoms with Gasteiger partial charge in [-0.2, -0.15) is 8.42 Å². The van der Waals surface area contributed by atoms with E-state index in [0.717, 1.165) is 12.0 Å². The van der Waals surface area contributed by atoms with Crippen LogP contribution in [0.2, 0.25) is 0 Å². The summed E-state index contributed by atoms with van der Waals surface area (Å²) in [6, 6.07) is 12.9. The fourth-order valence-electron chi connectivity index (χ4n) is 2.81. The summed E-state index contributed by atoms with van der Waals surface area (Å²) in [7, 11) is -2.46. The Morgan fingerprint density at radius 2 is 1.69 bits per heavy atom. The van der Waals surface area contributed by atoms with Gasteiger partial charge in [-0.15, -0.1) is 0 Å². The largest absolute Gasteiger partial charge is 0.497 e. The zero-order chi connectivity index (χ0) is 21.6. The molecule has 0 aliphatic heterocycles. The van der Waals surface area contributed by atoms with Gasteiger partial charge in [-0.1, -0.05) is 32.9 Å². The summed E-state index contributed by atoms with van der Waals surface area (Å²) in [5.41, 5.74) is 0.807. The van der Waals surface area contributed by atoms with E-state index in [0.29, 0.717) is 12.3 Å². The first kappa shape index (κ1) is 22.7. The first-order chi connectivity index (χ1) is 13.7. The molecular weight excluding hydrogens is 390 g/mol. The van der Waals surface area contributed by atoms with Crippen LogP contribution in [0, 0.1) is 5.92 Å². The van der Waals surface area contributed by atoms with Crippen molar-refractivity contribution in [3.63, 3.8) is 0 Å². The maximum absolute atomic E-state index is 12.6. The third-order valence-electron chi connectivity index (χ3n) is 4.71. The van der Waals surface area contributed by atoms with Gasteiger partial charge in [-0.3, -0.25) is 4.79 Å². The summed E-state index contributed by atoms with van der Waals surface area (Å²) < 4.78 is 35.5. The molecule has 0 N–H and O–H groups in total. The van der Waals surface area contributed by atoms with Crippen LogP contribution in [0.15, 0.2) is 53.4 Å². The van der Waals surface area contributed by atoms with Crippen molar-refractivity contribution in [1.82, 2.24) is 4.90 Å². The number of benzene rings is 2. The van der Waals surface area contributed by atoms with Gasteiger partial charge in [0.15, 0.2) is 0 Å². The van der Waals surface area contributed by atoms with E-state index in [2.05, 4.69) is 0 Å². The Morgan fingerprint density at radius 3 is 2.24 bits per heavy atom. The van der Waals surface area contributed by atoms with Gasteiger partial charge in [0.05, 0.1) is 7.11 Å². The van der Waals surface area contributed by atoms with Crippen LogP contribution < -0.4 is 8.92 Å². The van der Waals surface area contributed by atoms with Crippen LogP contribution in [0.25, 0.3) is 0 Å². The Bertz CT molecular complexity index is 922. The molecule has 0 fully saturated rings. The van der Waals surface area contributed by atoms with Crippen molar-refractivity contribution in [2.45, 2.75) is 51.6 Å². The molecule has 6 nitrogen and oxygen atoms in total. The highest BCUT2D eigenvalue weighted by Crippen LogP contribution is 2.23. The maximum Gasteiger partial charge on any atom is 0.339 e. The highest BCUT2D eigenvalue weighted by molar-refractivity contribution is 7.87. The second kappa shape index (κ2) is 9.78. The topological polar surface area (TPSA) is 72.9 Å². The standard InChI is InChI=1S/C22H29NO5S/c1-6-17(4)23(22(24)16(2)3)15-18-8-7-9-20(14-18)28-29(25,26)21-12-10-19(27-5)11-13-21/h7-14,16-17H,6,15H2,1-5H3. The minimum atomic E-state index is -3.97. The highest BCUT2D eigenvalue weighted by atomic mass is 32.2. The van der Waals surface area contributed by atoms with Crippen LogP contribution >= 0.6 is 0 Å². The summed E-state index contributed by atoms with van der Waals surface area (Å²) in [6.45, 7) is 8.18. The fourth-order valence-corrected chi connectivity index (χ4v) is 3.74. The minimum Gasteiger partial charge on any atom is -0.497 e. The maximum atomic E-state index is 12.6. The van der Waals surface area contributed by atoms with Crippen molar-refractivity contribution in [3.05, 3.63) is 54.1 Å². The lowest BCUT2D eigenvalue weighted by atomic mass is 10.1. The van der Waals surface area contributed by atoms with E-state index in [-0.39, 0.29) is 28.5 Å². The number of nitrogens with zero attached hydrogens (tertiary/aromatic N) is 1. The zero-order valence-corrected chi connectivity index (χ0v) is 18.4. The van der Waals surface area contributed by atoms with Crippen molar-refractivity contribution >= 4 is 16.0 Å². The molecular formula is C22H29NO5S. The molecule has 2 aromatic rings. The van der Waals surface area contributed by atoms with Crippen LogP contribution in [-0.4, -0.2) is 32.4 Å². The fraction of sp³-hybridized carbons (Fsp3) is 0.409. The summed E-state index contributed by atoms with van der Waals surface area (Å²) in [5, 5.41) is 0. The van der Waals surface area contributed by atoms with E-state index in [1.807, 2.05) is 38.7 Å². The third-order valence-corrected chi connectivity index (χ3v) is 5.97. The number of methoxy groups -OCH3 is 1. The molecule has 158 valence electrons. The lowest BCUT2D eigenvalue weighted by Gasteiger charge is -2.30. The molecule has 0 aromatic heterocycles. The molecule has 0 bridgehead atoms. The summed E-state index contributed by atoms with van der Waals surface area (Å²) >= 11 is 0. The number of ether oxygens (including phenoxy) is 1. The van der Waals surface area contributed by atoms with Gasteiger partial charge in [-0.25, -0.2) is 0 Å². The molecule has 0 aliphatic rings. The van der Waals surface area contributed by atoms with Crippen molar-refractivity contribution < 1.29 is 22.1 Å². The Morgan fingerprint density at radius 1 is 1.03 bits per heavy atom. The zero-order valence-electron chi connectivity index (χ0n) is 17.6. The molecule has 0 saturated heterocycles. The molecule has 0 saturated carbocycles. The number of carbonyl (C=O) groups is 1. The van der Waals surface area contributed by atoms with E-state index in [9.17, 15) is 13.2 Å². The van der Waals surface area contributed by atoms with Crippen molar-refractivity contribution in [2.75, 3.05) is 7.11 Å². The van der Waals surface area contributed by atoms with Crippen molar-refractivity contribution in [2.24, 2.45) is 5.92 Å². The van der Waals surface area contributed by atoms with E-state index >= 15 is 0 Å². The van der Waals surface area contributed by atoms with E-state index < -0.39 is 10.1 Å². The van der Waals surface area contributed by atoms with Crippen LogP contribution in [0.3, 0.4) is 0 Å². The van der Waals surface area contributed by atoms with Gasteiger partial charge in [-0.05, 0) is 55.3 Å². The number of carbonyl (C=O) groups excluding carboxylic acids is 1. The summed E-state index contributed by atoms with van der Waals surface area (Å²) in [5.74, 6) is 0.723. The lowest BCUT2D eigenvalue weighted by molar-refractivity contribution is -0.137. The number of rotatable bonds is 9. The van der Waals surface area contributed by atoms with Gasteiger partial charge in [0, 0.05) is 18.5 Å². The van der Waals surface area contributed by atoms with Crippen LogP contribution in [-0.2, 0) is 21.5 Å². The normalized spacial score (nSPS) is 12.5. The monoisotopic (exact) mass is 419 g/mol. The molecule has 0 heterocycles. The van der Waals surface area contributed by atoms with Crippen molar-refractivity contribution in [3.8, 4) is 11.5 Å². The first-order valence-corrected chi connectivity index (χ1v) is 11.1. The van der Waals surface area contributed by atoms with Gasteiger partial charge >= 0.3 is 10.1 Å². The third kappa shape index (κ3) is 5.97. The minimum absolute atomic E-state index is 0.0416. The Labute approximate surface area is 173 Å². The Hall–Kier alpha value is -2.54.